The summed E-state index contributed by atoms with van der Waals surface area (Å²) >= 11 is 1.43. The van der Waals surface area contributed by atoms with E-state index in [1.54, 1.807) is 4.57 Å². The van der Waals surface area contributed by atoms with Gasteiger partial charge in [-0.1, -0.05) is 68.3 Å². The van der Waals surface area contributed by atoms with E-state index < -0.39 is 0 Å². The molecule has 2 bridgehead atoms. The molecule has 0 saturated heterocycles. The first-order valence-electron chi connectivity index (χ1n) is 12.2. The molecule has 0 aliphatic heterocycles. The van der Waals surface area contributed by atoms with Gasteiger partial charge in [-0.25, -0.2) is 4.98 Å². The SMILES string of the molecule is CCCCC(Sc1nc2ccccc2c(=O)n1-c1ccccc1)C(=O)NC1CC2CCC1C2. The van der Waals surface area contributed by atoms with Crippen LogP contribution in [0.25, 0.3) is 16.6 Å². The van der Waals surface area contributed by atoms with Crippen LogP contribution in [-0.4, -0.2) is 26.8 Å². The Labute approximate surface area is 199 Å². The summed E-state index contributed by atoms with van der Waals surface area (Å²) in [7, 11) is 0. The van der Waals surface area contributed by atoms with Crippen molar-refractivity contribution in [3.63, 3.8) is 0 Å². The van der Waals surface area contributed by atoms with Crippen molar-refractivity contribution in [3.8, 4) is 5.69 Å². The number of hydrogen-bond donors (Lipinski definition) is 1. The standard InChI is InChI=1S/C27H31N3O2S/c1-2-3-13-24(25(31)28-23-17-18-14-15-19(23)16-18)33-27-29-22-12-8-7-11-21(22)26(32)30(27)20-9-5-4-6-10-20/h4-12,18-19,23-24H,2-3,13-17H2,1H3,(H,28,31). The highest BCUT2D eigenvalue weighted by molar-refractivity contribution is 8.00. The lowest BCUT2D eigenvalue weighted by Crippen LogP contribution is -2.43. The molecule has 1 N–H and O–H groups in total. The van der Waals surface area contributed by atoms with Crippen molar-refractivity contribution in [3.05, 3.63) is 65.0 Å². The van der Waals surface area contributed by atoms with E-state index in [2.05, 4.69) is 12.2 Å². The lowest BCUT2D eigenvalue weighted by Gasteiger charge is -2.26. The fourth-order valence-corrected chi connectivity index (χ4v) is 6.61. The Kier molecular flexibility index (Phi) is 6.54. The van der Waals surface area contributed by atoms with Gasteiger partial charge in [-0.05, 0) is 61.8 Å². The van der Waals surface area contributed by atoms with Gasteiger partial charge in [0.25, 0.3) is 5.56 Å². The molecular weight excluding hydrogens is 430 g/mol. The fourth-order valence-electron chi connectivity index (χ4n) is 5.45. The highest BCUT2D eigenvalue weighted by atomic mass is 32.2. The zero-order valence-corrected chi connectivity index (χ0v) is 19.9. The number of thioether (sulfide) groups is 1. The first-order valence-corrected chi connectivity index (χ1v) is 13.1. The van der Waals surface area contributed by atoms with Crippen LogP contribution in [0, 0.1) is 11.8 Å². The van der Waals surface area contributed by atoms with Gasteiger partial charge < -0.3 is 5.32 Å². The predicted octanol–water partition coefficient (Wildman–Crippen LogP) is 5.34. The molecule has 4 unspecified atom stereocenters. The molecule has 0 radical (unpaired) electrons. The molecule has 2 aliphatic rings. The van der Waals surface area contributed by atoms with Crippen LogP contribution in [0.2, 0.25) is 0 Å². The Bertz CT molecular complexity index is 1190. The van der Waals surface area contributed by atoms with E-state index >= 15 is 0 Å². The Morgan fingerprint density at radius 2 is 1.91 bits per heavy atom. The average molecular weight is 462 g/mol. The summed E-state index contributed by atoms with van der Waals surface area (Å²) in [5.41, 5.74) is 1.34. The third-order valence-corrected chi connectivity index (χ3v) is 8.40. The number of hydrogen-bond acceptors (Lipinski definition) is 4. The van der Waals surface area contributed by atoms with Crippen molar-refractivity contribution in [2.24, 2.45) is 11.8 Å². The maximum absolute atomic E-state index is 13.5. The first kappa shape index (κ1) is 22.2. The van der Waals surface area contributed by atoms with Gasteiger partial charge in [0.2, 0.25) is 5.91 Å². The molecule has 1 amide bonds. The second kappa shape index (κ2) is 9.72. The molecule has 1 heterocycles. The Hall–Kier alpha value is -2.60. The molecule has 4 atom stereocenters. The quantitative estimate of drug-likeness (QED) is 0.363. The normalized spacial score (nSPS) is 22.5. The van der Waals surface area contributed by atoms with Crippen molar-refractivity contribution in [1.29, 1.82) is 0 Å². The summed E-state index contributed by atoms with van der Waals surface area (Å²) in [5, 5.41) is 4.27. The van der Waals surface area contributed by atoms with Gasteiger partial charge in [0.15, 0.2) is 5.16 Å². The molecule has 0 spiro atoms. The smallest absolute Gasteiger partial charge is 0.266 e. The number of rotatable bonds is 8. The van der Waals surface area contributed by atoms with Crippen LogP contribution < -0.4 is 10.9 Å². The lowest BCUT2D eigenvalue weighted by atomic mass is 9.95. The molecule has 172 valence electrons. The maximum atomic E-state index is 13.5. The molecule has 5 nitrogen and oxygen atoms in total. The van der Waals surface area contributed by atoms with Crippen molar-refractivity contribution in [2.45, 2.75) is 68.3 Å². The van der Waals surface area contributed by atoms with Crippen LogP contribution in [0.4, 0.5) is 0 Å². The number of carbonyl (C=O) groups excluding carboxylic acids is 1. The van der Waals surface area contributed by atoms with E-state index in [-0.39, 0.29) is 16.7 Å². The Morgan fingerprint density at radius 3 is 2.64 bits per heavy atom. The fraction of sp³-hybridized carbons (Fsp3) is 0.444. The predicted molar refractivity (Wildman–Crippen MR) is 134 cm³/mol. The van der Waals surface area contributed by atoms with Gasteiger partial charge in [0.1, 0.15) is 0 Å². The summed E-state index contributed by atoms with van der Waals surface area (Å²) in [6, 6.07) is 17.3. The summed E-state index contributed by atoms with van der Waals surface area (Å²) in [5.74, 6) is 1.51. The zero-order chi connectivity index (χ0) is 22.8. The van der Waals surface area contributed by atoms with Crippen molar-refractivity contribution in [2.75, 3.05) is 0 Å². The van der Waals surface area contributed by atoms with E-state index in [1.807, 2.05) is 54.6 Å². The minimum atomic E-state index is -0.271. The number of nitrogens with zero attached hydrogens (tertiary/aromatic N) is 2. The summed E-state index contributed by atoms with van der Waals surface area (Å²) in [6.07, 6.45) is 7.69. The Morgan fingerprint density at radius 1 is 1.12 bits per heavy atom. The third kappa shape index (κ3) is 4.58. The molecule has 2 fully saturated rings. The van der Waals surface area contributed by atoms with Crippen LogP contribution in [0.5, 0.6) is 0 Å². The minimum Gasteiger partial charge on any atom is -0.352 e. The highest BCUT2D eigenvalue weighted by Crippen LogP contribution is 2.44. The van der Waals surface area contributed by atoms with Gasteiger partial charge in [-0.3, -0.25) is 14.2 Å². The molecule has 33 heavy (non-hydrogen) atoms. The van der Waals surface area contributed by atoms with Crippen LogP contribution in [0.15, 0.2) is 64.5 Å². The van der Waals surface area contributed by atoms with Gasteiger partial charge in [0.05, 0.1) is 21.8 Å². The number of nitrogens with one attached hydrogen (secondary N) is 1. The molecule has 2 aromatic carbocycles. The molecule has 5 rings (SSSR count). The Balaban J connectivity index is 1.49. The number of unbranched alkanes of at least 4 members (excludes halogenated alkanes) is 1. The van der Waals surface area contributed by atoms with Crippen LogP contribution >= 0.6 is 11.8 Å². The topological polar surface area (TPSA) is 64.0 Å². The number of carbonyl (C=O) groups is 1. The van der Waals surface area contributed by atoms with Gasteiger partial charge in [-0.2, -0.15) is 0 Å². The van der Waals surface area contributed by atoms with E-state index in [4.69, 9.17) is 4.98 Å². The van der Waals surface area contributed by atoms with Crippen molar-refractivity contribution < 1.29 is 4.79 Å². The number of amides is 1. The average Bonchev–Trinajstić information content (AvgIpc) is 3.46. The van der Waals surface area contributed by atoms with Crippen molar-refractivity contribution in [1.82, 2.24) is 14.9 Å². The number of aromatic nitrogens is 2. The molecule has 2 saturated carbocycles. The minimum absolute atomic E-state index is 0.0908. The van der Waals surface area contributed by atoms with Gasteiger partial charge in [-0.15, -0.1) is 0 Å². The lowest BCUT2D eigenvalue weighted by molar-refractivity contribution is -0.121. The highest BCUT2D eigenvalue weighted by Gasteiger charge is 2.40. The molecule has 6 heteroatoms. The molecule has 1 aromatic heterocycles. The number of para-hydroxylation sites is 2. The zero-order valence-electron chi connectivity index (χ0n) is 19.1. The second-order valence-electron chi connectivity index (χ2n) is 9.43. The van der Waals surface area contributed by atoms with E-state index in [0.29, 0.717) is 28.0 Å². The summed E-state index contributed by atoms with van der Waals surface area (Å²) in [6.45, 7) is 2.14. The van der Waals surface area contributed by atoms with E-state index in [9.17, 15) is 9.59 Å². The monoisotopic (exact) mass is 461 g/mol. The van der Waals surface area contributed by atoms with Crippen LogP contribution in [-0.2, 0) is 4.79 Å². The largest absolute Gasteiger partial charge is 0.352 e. The van der Waals surface area contributed by atoms with Crippen LogP contribution in [0.3, 0.4) is 0 Å². The third-order valence-electron chi connectivity index (χ3n) is 7.19. The molecule has 2 aliphatic carbocycles. The molecule has 3 aromatic rings. The van der Waals surface area contributed by atoms with E-state index in [0.717, 1.165) is 37.3 Å². The second-order valence-corrected chi connectivity index (χ2v) is 10.6. The maximum Gasteiger partial charge on any atom is 0.266 e. The first-order chi connectivity index (χ1) is 16.1. The van der Waals surface area contributed by atoms with Crippen LogP contribution in [0.1, 0.15) is 51.9 Å². The number of fused-ring (bicyclic) bond motifs is 3. The van der Waals surface area contributed by atoms with E-state index in [1.165, 1.54) is 31.0 Å². The summed E-state index contributed by atoms with van der Waals surface area (Å²) < 4.78 is 1.66. The summed E-state index contributed by atoms with van der Waals surface area (Å²) in [4.78, 5) is 31.8. The number of benzene rings is 2. The van der Waals surface area contributed by atoms with Crippen molar-refractivity contribution >= 4 is 28.6 Å². The van der Waals surface area contributed by atoms with Gasteiger partial charge in [0, 0.05) is 6.04 Å². The van der Waals surface area contributed by atoms with Gasteiger partial charge >= 0.3 is 0 Å². The molecular formula is C27H31N3O2S.